The van der Waals surface area contributed by atoms with Gasteiger partial charge in [-0.1, -0.05) is 93.9 Å². The number of rotatable bonds is 6. The first-order valence-corrected chi connectivity index (χ1v) is 19.4. The Morgan fingerprint density at radius 3 is 1.98 bits per heavy atom. The number of fused-ring (bicyclic) bond motifs is 7. The van der Waals surface area contributed by atoms with Crippen LogP contribution in [0.25, 0.3) is 0 Å². The Labute approximate surface area is 305 Å². The van der Waals surface area contributed by atoms with Crippen molar-refractivity contribution in [3.63, 3.8) is 0 Å². The lowest BCUT2D eigenvalue weighted by Gasteiger charge is -2.70. The van der Waals surface area contributed by atoms with Gasteiger partial charge in [-0.25, -0.2) is 0 Å². The number of nitrogens with one attached hydrogen (secondary N) is 1. The van der Waals surface area contributed by atoms with Gasteiger partial charge in [0.1, 0.15) is 0 Å². The largest absolute Gasteiger partial charge is 0.469 e. The Hall–Kier alpha value is -3.25. The summed E-state index contributed by atoms with van der Waals surface area (Å²) in [6.45, 7) is 13.7. The Bertz CT molecular complexity index is 1680. The third-order valence-electron chi connectivity index (χ3n) is 16.2. The second kappa shape index (κ2) is 12.4. The summed E-state index contributed by atoms with van der Waals surface area (Å²) in [6, 6.07) is 20.1. The monoisotopic (exact) mass is 693 g/mol. The van der Waals surface area contributed by atoms with Crippen molar-refractivity contribution >= 4 is 17.7 Å². The van der Waals surface area contributed by atoms with Crippen LogP contribution in [-0.4, -0.2) is 37.9 Å². The molecule has 1 N–H and O–H groups in total. The van der Waals surface area contributed by atoms with Crippen LogP contribution in [0.1, 0.15) is 117 Å². The van der Waals surface area contributed by atoms with Crippen LogP contribution in [0.4, 0.5) is 0 Å². The summed E-state index contributed by atoms with van der Waals surface area (Å²) in [4.78, 5) is 43.0. The molecule has 5 aliphatic carbocycles. The smallest absolute Gasteiger partial charge is 0.313 e. The maximum absolute atomic E-state index is 14.9. The molecular formula is C45H59NO5. The molecule has 51 heavy (non-hydrogen) atoms. The maximum Gasteiger partial charge on any atom is 0.313 e. The van der Waals surface area contributed by atoms with Crippen LogP contribution in [0.5, 0.6) is 0 Å². The number of hydrogen-bond donors (Lipinski definition) is 1. The molecule has 0 heterocycles. The predicted molar refractivity (Wildman–Crippen MR) is 199 cm³/mol. The van der Waals surface area contributed by atoms with Gasteiger partial charge in [-0.2, -0.15) is 0 Å². The minimum atomic E-state index is -0.711. The minimum Gasteiger partial charge on any atom is -0.469 e. The Kier molecular flexibility index (Phi) is 8.80. The maximum atomic E-state index is 14.9. The van der Waals surface area contributed by atoms with Gasteiger partial charge in [-0.05, 0) is 129 Å². The van der Waals surface area contributed by atoms with E-state index >= 15 is 0 Å². The molecule has 4 saturated carbocycles. The van der Waals surface area contributed by atoms with E-state index < -0.39 is 16.9 Å². The lowest BCUT2D eigenvalue weighted by atomic mass is 9.33. The van der Waals surface area contributed by atoms with E-state index in [9.17, 15) is 14.4 Å². The minimum absolute atomic E-state index is 0.00574. The second-order valence-electron chi connectivity index (χ2n) is 18.5. The van der Waals surface area contributed by atoms with Crippen LogP contribution in [0.3, 0.4) is 0 Å². The quantitative estimate of drug-likeness (QED) is 0.304. The van der Waals surface area contributed by atoms with E-state index in [2.05, 4.69) is 52.9 Å². The first-order chi connectivity index (χ1) is 24.1. The fourth-order valence-electron chi connectivity index (χ4n) is 12.8. The van der Waals surface area contributed by atoms with Crippen LogP contribution >= 0.6 is 0 Å². The van der Waals surface area contributed by atoms with Gasteiger partial charge in [0, 0.05) is 12.0 Å². The number of hydrogen-bond acceptors (Lipinski definition) is 6. The fourth-order valence-corrected chi connectivity index (χ4v) is 12.8. The highest BCUT2D eigenvalue weighted by Crippen LogP contribution is 2.75. The van der Waals surface area contributed by atoms with Gasteiger partial charge in [0.2, 0.25) is 0 Å². The summed E-state index contributed by atoms with van der Waals surface area (Å²) in [5.74, 6) is -0.135. The molecule has 10 atom stereocenters. The summed E-state index contributed by atoms with van der Waals surface area (Å²) in [7, 11) is 3.44. The van der Waals surface area contributed by atoms with Gasteiger partial charge in [0.25, 0.3) is 0 Å². The van der Waals surface area contributed by atoms with Crippen molar-refractivity contribution in [1.29, 1.82) is 0 Å². The standard InChI is InChI=1S/C45H59NO5/c1-40-23-24-41(2,38(48)51-36(29-15-11-9-12-16-29)30-17-13-10-14-18-30)28-32(40)31-27-33(47)37-42(3)21-20-35(46-7)45(6,39(49)50-8)34(42)19-22-44(37,5)43(31,4)26-25-40/h9-18,27,32,34-37,46H,19-26,28H2,1-8H3/t32-,34+,35-,37+,40+,41-,42-,43+,44+,45-/m0/s1. The number of carbonyl (C=O) groups is 3. The average Bonchev–Trinajstić information content (AvgIpc) is 3.12. The van der Waals surface area contributed by atoms with E-state index in [1.54, 1.807) is 0 Å². The molecule has 0 saturated heterocycles. The third-order valence-corrected chi connectivity index (χ3v) is 16.2. The summed E-state index contributed by atoms with van der Waals surface area (Å²) >= 11 is 0. The number of ether oxygens (including phenoxy) is 2. The van der Waals surface area contributed by atoms with E-state index in [-0.39, 0.29) is 63.2 Å². The number of esters is 2. The molecule has 0 unspecified atom stereocenters. The topological polar surface area (TPSA) is 81.7 Å². The van der Waals surface area contributed by atoms with Crippen molar-refractivity contribution in [3.05, 3.63) is 83.4 Å². The molecule has 5 aliphatic rings. The first kappa shape index (κ1) is 36.1. The zero-order valence-electron chi connectivity index (χ0n) is 32.1. The van der Waals surface area contributed by atoms with Crippen molar-refractivity contribution in [1.82, 2.24) is 5.32 Å². The molecule has 7 rings (SSSR count). The third kappa shape index (κ3) is 5.16. The van der Waals surface area contributed by atoms with Crippen molar-refractivity contribution in [2.24, 2.45) is 50.2 Å². The van der Waals surface area contributed by atoms with Gasteiger partial charge in [-0.15, -0.1) is 0 Å². The summed E-state index contributed by atoms with van der Waals surface area (Å²) < 4.78 is 12.0. The van der Waals surface area contributed by atoms with Gasteiger partial charge in [0.05, 0.1) is 17.9 Å². The normalized spacial score (nSPS) is 41.7. The van der Waals surface area contributed by atoms with Crippen LogP contribution in [0.15, 0.2) is 72.3 Å². The number of benzene rings is 2. The Morgan fingerprint density at radius 2 is 1.39 bits per heavy atom. The number of ketones is 1. The van der Waals surface area contributed by atoms with Gasteiger partial charge in [0.15, 0.2) is 11.9 Å². The van der Waals surface area contributed by atoms with Crippen molar-refractivity contribution < 1.29 is 23.9 Å². The highest BCUT2D eigenvalue weighted by Gasteiger charge is 2.72. The number of carbonyl (C=O) groups excluding carboxylic acids is 3. The molecule has 274 valence electrons. The van der Waals surface area contributed by atoms with Crippen LogP contribution in [-0.2, 0) is 23.9 Å². The highest BCUT2D eigenvalue weighted by atomic mass is 16.5. The lowest BCUT2D eigenvalue weighted by Crippen LogP contribution is -2.69. The molecule has 0 bridgehead atoms. The van der Waals surface area contributed by atoms with Crippen molar-refractivity contribution in [2.75, 3.05) is 14.2 Å². The van der Waals surface area contributed by atoms with Crippen LogP contribution in [0.2, 0.25) is 0 Å². The Balaban J connectivity index is 1.23. The molecule has 2 aromatic rings. The summed E-state index contributed by atoms with van der Waals surface area (Å²) in [5, 5.41) is 3.45. The Morgan fingerprint density at radius 1 is 0.784 bits per heavy atom. The molecule has 0 aromatic heterocycles. The first-order valence-electron chi connectivity index (χ1n) is 19.4. The summed E-state index contributed by atoms with van der Waals surface area (Å²) in [6.07, 6.45) is 9.55. The van der Waals surface area contributed by atoms with Gasteiger partial charge < -0.3 is 14.8 Å². The van der Waals surface area contributed by atoms with Crippen LogP contribution in [0, 0.1) is 50.2 Å². The SMILES string of the molecule is CN[C@H]1CC[C@@]2(C)[C@@H](CC[C@]3(C)[C@@H]2C(=O)C=C2[C@@H]4C[C@@](C)(C(=O)OC(c5ccccc5)c5ccccc5)CC[C@]4(C)CC[C@]23C)[C@]1(C)C(=O)OC. The van der Waals surface area contributed by atoms with E-state index in [0.717, 1.165) is 62.5 Å². The van der Waals surface area contributed by atoms with Gasteiger partial charge >= 0.3 is 11.9 Å². The van der Waals surface area contributed by atoms with Crippen molar-refractivity contribution in [2.45, 2.75) is 111 Å². The molecule has 6 nitrogen and oxygen atoms in total. The fraction of sp³-hybridized carbons (Fsp3) is 0.622. The van der Waals surface area contributed by atoms with E-state index in [1.807, 2.05) is 67.7 Å². The van der Waals surface area contributed by atoms with Crippen molar-refractivity contribution in [3.8, 4) is 0 Å². The molecular weight excluding hydrogens is 634 g/mol. The highest BCUT2D eigenvalue weighted by molar-refractivity contribution is 5.96. The zero-order valence-corrected chi connectivity index (χ0v) is 32.1. The number of methoxy groups -OCH3 is 1. The van der Waals surface area contributed by atoms with E-state index in [4.69, 9.17) is 9.47 Å². The van der Waals surface area contributed by atoms with Gasteiger partial charge in [-0.3, -0.25) is 14.4 Å². The molecule has 0 radical (unpaired) electrons. The zero-order chi connectivity index (χ0) is 36.6. The lowest BCUT2D eigenvalue weighted by molar-refractivity contribution is -0.203. The number of allylic oxidation sites excluding steroid dienone is 2. The van der Waals surface area contributed by atoms with E-state index in [1.165, 1.54) is 12.7 Å². The molecule has 0 spiro atoms. The average molecular weight is 694 g/mol. The molecule has 2 aromatic carbocycles. The van der Waals surface area contributed by atoms with Crippen LogP contribution < -0.4 is 5.32 Å². The molecule has 0 aliphatic heterocycles. The summed E-state index contributed by atoms with van der Waals surface area (Å²) in [5.41, 5.74) is 1.03. The molecule has 0 amide bonds. The second-order valence-corrected chi connectivity index (χ2v) is 18.5. The molecule has 4 fully saturated rings. The predicted octanol–water partition coefficient (Wildman–Crippen LogP) is 9.04. The molecule has 6 heteroatoms. The van der Waals surface area contributed by atoms with E-state index in [0.29, 0.717) is 6.42 Å².